The monoisotopic (exact) mass is 312 g/mol. The Balaban J connectivity index is 2.81. The number of likely N-dealkylation sites (N-methyl/N-ethyl adjacent to an activating group) is 1. The number of rotatable bonds is 7. The van der Waals surface area contributed by atoms with Crippen LogP contribution in [0.3, 0.4) is 0 Å². The molecule has 0 aliphatic rings. The molecule has 0 bridgehead atoms. The van der Waals surface area contributed by atoms with Crippen molar-refractivity contribution in [3.8, 4) is 5.75 Å². The van der Waals surface area contributed by atoms with Gasteiger partial charge in [-0.1, -0.05) is 17.7 Å². The van der Waals surface area contributed by atoms with E-state index in [4.69, 9.17) is 16.3 Å². The summed E-state index contributed by atoms with van der Waals surface area (Å²) in [5.41, 5.74) is 1.08. The first kappa shape index (κ1) is 17.8. The predicted molar refractivity (Wildman–Crippen MR) is 86.9 cm³/mol. The number of nitrogens with one attached hydrogen (secondary N) is 1. The highest BCUT2D eigenvalue weighted by atomic mass is 35.5. The van der Waals surface area contributed by atoms with Crippen LogP contribution >= 0.6 is 11.6 Å². The van der Waals surface area contributed by atoms with Crippen LogP contribution in [0.15, 0.2) is 18.2 Å². The molecule has 0 saturated heterocycles. The molecule has 0 aromatic heterocycles. The highest BCUT2D eigenvalue weighted by Crippen LogP contribution is 2.28. The van der Waals surface area contributed by atoms with E-state index in [0.29, 0.717) is 23.9 Å². The summed E-state index contributed by atoms with van der Waals surface area (Å²) in [5.74, 6) is 0.514. The molecule has 1 amide bonds. The second-order valence-electron chi connectivity index (χ2n) is 4.97. The lowest BCUT2D eigenvalue weighted by molar-refractivity contribution is -0.137. The molecule has 0 fully saturated rings. The van der Waals surface area contributed by atoms with Crippen LogP contribution in [0.5, 0.6) is 5.75 Å². The molecule has 0 saturated carbocycles. The molecule has 21 heavy (non-hydrogen) atoms. The summed E-state index contributed by atoms with van der Waals surface area (Å²) in [6.45, 7) is 9.06. The van der Waals surface area contributed by atoms with E-state index in [1.165, 1.54) is 0 Å². The molecule has 1 N–H and O–H groups in total. The zero-order valence-corrected chi connectivity index (χ0v) is 14.2. The van der Waals surface area contributed by atoms with Crippen molar-refractivity contribution in [2.75, 3.05) is 20.1 Å². The number of halogens is 1. The zero-order valence-electron chi connectivity index (χ0n) is 13.4. The third-order valence-electron chi connectivity index (χ3n) is 3.62. The molecule has 0 aliphatic heterocycles. The van der Waals surface area contributed by atoms with Gasteiger partial charge < -0.3 is 15.0 Å². The van der Waals surface area contributed by atoms with Crippen LogP contribution in [-0.2, 0) is 4.79 Å². The maximum atomic E-state index is 12.2. The lowest BCUT2D eigenvalue weighted by Crippen LogP contribution is -2.40. The minimum Gasteiger partial charge on any atom is -0.479 e. The second-order valence-corrected chi connectivity index (χ2v) is 5.38. The quantitative estimate of drug-likeness (QED) is 0.840. The Hall–Kier alpha value is -1.26. The van der Waals surface area contributed by atoms with E-state index in [0.717, 1.165) is 5.56 Å². The van der Waals surface area contributed by atoms with Gasteiger partial charge in [-0.3, -0.25) is 4.79 Å². The molecule has 0 aliphatic carbocycles. The smallest absolute Gasteiger partial charge is 0.263 e. The first-order valence-corrected chi connectivity index (χ1v) is 7.74. The van der Waals surface area contributed by atoms with E-state index < -0.39 is 6.10 Å². The van der Waals surface area contributed by atoms with Gasteiger partial charge >= 0.3 is 0 Å². The van der Waals surface area contributed by atoms with Gasteiger partial charge in [-0.2, -0.15) is 0 Å². The number of amides is 1. The summed E-state index contributed by atoms with van der Waals surface area (Å²) in [6.07, 6.45) is -0.546. The summed E-state index contributed by atoms with van der Waals surface area (Å²) in [4.78, 5) is 13.9. The fraction of sp³-hybridized carbons (Fsp3) is 0.562. The van der Waals surface area contributed by atoms with Crippen LogP contribution in [0.25, 0.3) is 0 Å². The second kappa shape index (κ2) is 8.25. The summed E-state index contributed by atoms with van der Waals surface area (Å²) in [7, 11) is 1.90. The van der Waals surface area contributed by atoms with E-state index in [2.05, 4.69) is 12.2 Å². The van der Waals surface area contributed by atoms with Gasteiger partial charge in [-0.15, -0.1) is 0 Å². The van der Waals surface area contributed by atoms with Crippen LogP contribution in [-0.4, -0.2) is 37.0 Å². The van der Waals surface area contributed by atoms with Crippen molar-refractivity contribution < 1.29 is 9.53 Å². The number of ether oxygens (including phenoxy) is 1. The Kier molecular flexibility index (Phi) is 6.99. The molecule has 1 aromatic rings. The summed E-state index contributed by atoms with van der Waals surface area (Å²) < 4.78 is 5.72. The average molecular weight is 313 g/mol. The number of hydrogen-bond acceptors (Lipinski definition) is 3. The standard InChI is InChI=1S/C16H25ClN2O2/c1-6-19(7-2)16(20)12(4)21-15-9-8-13(10-14(15)17)11(3)18-5/h8-12,18H,6-7H2,1-5H3. The molecule has 2 unspecified atom stereocenters. The molecule has 1 rings (SSSR count). The maximum absolute atomic E-state index is 12.2. The third kappa shape index (κ3) is 4.61. The van der Waals surface area contributed by atoms with Gasteiger partial charge in [0.1, 0.15) is 5.75 Å². The number of carbonyl (C=O) groups excluding carboxylic acids is 1. The zero-order chi connectivity index (χ0) is 16.0. The van der Waals surface area contributed by atoms with Crippen LogP contribution < -0.4 is 10.1 Å². The molecule has 0 spiro atoms. The third-order valence-corrected chi connectivity index (χ3v) is 3.91. The Morgan fingerprint density at radius 3 is 2.43 bits per heavy atom. The van der Waals surface area contributed by atoms with Crippen molar-refractivity contribution in [1.29, 1.82) is 0 Å². The molecule has 4 nitrogen and oxygen atoms in total. The molecular weight excluding hydrogens is 288 g/mol. The lowest BCUT2D eigenvalue weighted by atomic mass is 10.1. The van der Waals surface area contributed by atoms with Crippen molar-refractivity contribution in [3.63, 3.8) is 0 Å². The van der Waals surface area contributed by atoms with Crippen molar-refractivity contribution in [2.45, 2.75) is 39.8 Å². The summed E-state index contributed by atoms with van der Waals surface area (Å²) in [5, 5.41) is 3.68. The summed E-state index contributed by atoms with van der Waals surface area (Å²) in [6, 6.07) is 5.85. The molecule has 1 aromatic carbocycles. The Morgan fingerprint density at radius 1 is 1.33 bits per heavy atom. The molecule has 5 heteroatoms. The van der Waals surface area contributed by atoms with Crippen molar-refractivity contribution in [2.24, 2.45) is 0 Å². The van der Waals surface area contributed by atoms with E-state index in [-0.39, 0.29) is 11.9 Å². The number of nitrogens with zero attached hydrogens (tertiary/aromatic N) is 1. The Bertz CT molecular complexity index is 475. The first-order valence-electron chi connectivity index (χ1n) is 7.36. The van der Waals surface area contributed by atoms with Gasteiger partial charge in [0, 0.05) is 19.1 Å². The minimum absolute atomic E-state index is 0.0243. The van der Waals surface area contributed by atoms with Gasteiger partial charge in [0.2, 0.25) is 0 Å². The van der Waals surface area contributed by atoms with E-state index in [1.807, 2.05) is 39.1 Å². The topological polar surface area (TPSA) is 41.6 Å². The molecule has 2 atom stereocenters. The number of carbonyl (C=O) groups is 1. The fourth-order valence-corrected chi connectivity index (χ4v) is 2.32. The Morgan fingerprint density at radius 2 is 1.95 bits per heavy atom. The van der Waals surface area contributed by atoms with E-state index in [9.17, 15) is 4.79 Å². The lowest BCUT2D eigenvalue weighted by Gasteiger charge is -2.24. The van der Waals surface area contributed by atoms with E-state index >= 15 is 0 Å². The van der Waals surface area contributed by atoms with Crippen LogP contribution in [0.2, 0.25) is 5.02 Å². The predicted octanol–water partition coefficient (Wildman–Crippen LogP) is 3.26. The SMILES string of the molecule is CCN(CC)C(=O)C(C)Oc1ccc(C(C)NC)cc1Cl. The maximum Gasteiger partial charge on any atom is 0.263 e. The van der Waals surface area contributed by atoms with Crippen molar-refractivity contribution in [1.82, 2.24) is 10.2 Å². The molecule has 0 heterocycles. The van der Waals surface area contributed by atoms with Crippen LogP contribution in [0, 0.1) is 0 Å². The average Bonchev–Trinajstić information content (AvgIpc) is 2.49. The van der Waals surface area contributed by atoms with Gasteiger partial charge in [-0.25, -0.2) is 0 Å². The Labute approximate surface area is 132 Å². The first-order chi connectivity index (χ1) is 9.94. The molecular formula is C16H25ClN2O2. The fourth-order valence-electron chi connectivity index (χ4n) is 2.08. The highest BCUT2D eigenvalue weighted by molar-refractivity contribution is 6.32. The van der Waals surface area contributed by atoms with Crippen LogP contribution in [0.1, 0.15) is 39.3 Å². The summed E-state index contributed by atoms with van der Waals surface area (Å²) >= 11 is 6.25. The van der Waals surface area contributed by atoms with Gasteiger partial charge in [0.25, 0.3) is 5.91 Å². The van der Waals surface area contributed by atoms with E-state index in [1.54, 1.807) is 11.8 Å². The largest absolute Gasteiger partial charge is 0.479 e. The van der Waals surface area contributed by atoms with Gasteiger partial charge in [0.05, 0.1) is 5.02 Å². The van der Waals surface area contributed by atoms with Crippen molar-refractivity contribution in [3.05, 3.63) is 28.8 Å². The highest BCUT2D eigenvalue weighted by Gasteiger charge is 2.20. The van der Waals surface area contributed by atoms with Gasteiger partial charge in [-0.05, 0) is 52.4 Å². The van der Waals surface area contributed by atoms with Crippen LogP contribution in [0.4, 0.5) is 0 Å². The number of hydrogen-bond donors (Lipinski definition) is 1. The molecule has 0 radical (unpaired) electrons. The minimum atomic E-state index is -0.546. The molecule has 118 valence electrons. The van der Waals surface area contributed by atoms with Crippen molar-refractivity contribution >= 4 is 17.5 Å². The normalized spacial score (nSPS) is 13.6. The number of benzene rings is 1. The van der Waals surface area contributed by atoms with Gasteiger partial charge in [0.15, 0.2) is 6.10 Å².